The minimum absolute atomic E-state index is 0.00257. The molecule has 7 nitrogen and oxygen atoms in total. The highest BCUT2D eigenvalue weighted by Crippen LogP contribution is 2.41. The first-order chi connectivity index (χ1) is 17.7. The summed E-state index contributed by atoms with van der Waals surface area (Å²) >= 11 is 15.9. The van der Waals surface area contributed by atoms with E-state index in [1.54, 1.807) is 30.3 Å². The topological polar surface area (TPSA) is 81.9 Å². The molecule has 37 heavy (non-hydrogen) atoms. The Kier molecular flexibility index (Phi) is 8.48. The number of amides is 1. The van der Waals surface area contributed by atoms with Crippen molar-refractivity contribution in [2.75, 3.05) is 11.5 Å². The van der Waals surface area contributed by atoms with Crippen molar-refractivity contribution in [2.45, 2.75) is 13.5 Å². The van der Waals surface area contributed by atoms with E-state index in [9.17, 15) is 19.3 Å². The molecule has 0 spiro atoms. The van der Waals surface area contributed by atoms with Crippen molar-refractivity contribution in [2.24, 2.45) is 0 Å². The van der Waals surface area contributed by atoms with Crippen LogP contribution in [0.3, 0.4) is 0 Å². The third-order valence-corrected chi connectivity index (χ3v) is 7.30. The van der Waals surface area contributed by atoms with Crippen molar-refractivity contribution in [1.29, 1.82) is 0 Å². The second-order valence-corrected chi connectivity index (χ2v) is 10.5. The number of thioether (sulfide) groups is 1. The van der Waals surface area contributed by atoms with Gasteiger partial charge < -0.3 is 9.47 Å². The number of non-ortho nitro benzene ring substituents is 1. The summed E-state index contributed by atoms with van der Waals surface area (Å²) in [6.07, 6.45) is 1.68. The van der Waals surface area contributed by atoms with Gasteiger partial charge in [-0.15, -0.1) is 0 Å². The minimum atomic E-state index is -0.587. The highest BCUT2D eigenvalue weighted by molar-refractivity contribution is 9.10. The molecule has 0 aromatic heterocycles. The predicted molar refractivity (Wildman–Crippen MR) is 150 cm³/mol. The normalized spacial score (nSPS) is 14.4. The Morgan fingerprint density at radius 2 is 1.92 bits per heavy atom. The molecule has 0 radical (unpaired) electrons. The van der Waals surface area contributed by atoms with Gasteiger partial charge in [0.05, 0.1) is 31.6 Å². The van der Waals surface area contributed by atoms with E-state index in [0.717, 1.165) is 17.3 Å². The third kappa shape index (κ3) is 6.12. The van der Waals surface area contributed by atoms with Gasteiger partial charge in [0.2, 0.25) is 0 Å². The van der Waals surface area contributed by atoms with E-state index in [1.807, 2.05) is 6.92 Å². The average molecular weight is 624 g/mol. The molecule has 0 N–H and O–H groups in total. The Hall–Kier alpha value is -2.99. The number of hydrogen-bond donors (Lipinski definition) is 0. The first-order valence-corrected chi connectivity index (χ1v) is 13.1. The number of benzene rings is 3. The Balaban J connectivity index is 1.58. The highest BCUT2D eigenvalue weighted by atomic mass is 79.9. The van der Waals surface area contributed by atoms with Crippen LogP contribution in [0.5, 0.6) is 11.5 Å². The molecule has 3 aromatic carbocycles. The fourth-order valence-electron chi connectivity index (χ4n) is 3.41. The van der Waals surface area contributed by atoms with Crippen molar-refractivity contribution in [3.05, 3.63) is 96.1 Å². The van der Waals surface area contributed by atoms with Crippen molar-refractivity contribution >= 4 is 79.2 Å². The Morgan fingerprint density at radius 1 is 1.19 bits per heavy atom. The van der Waals surface area contributed by atoms with Gasteiger partial charge >= 0.3 is 0 Å². The third-order valence-electron chi connectivity index (χ3n) is 5.11. The molecule has 0 atom stereocenters. The lowest BCUT2D eigenvalue weighted by Crippen LogP contribution is -2.27. The molecule has 1 fully saturated rings. The van der Waals surface area contributed by atoms with Gasteiger partial charge in [-0.05, 0) is 82.5 Å². The smallest absolute Gasteiger partial charge is 0.270 e. The molecule has 0 saturated carbocycles. The van der Waals surface area contributed by atoms with E-state index in [0.29, 0.717) is 43.1 Å². The minimum Gasteiger partial charge on any atom is -0.490 e. The van der Waals surface area contributed by atoms with Crippen LogP contribution < -0.4 is 14.4 Å². The van der Waals surface area contributed by atoms with E-state index >= 15 is 0 Å². The molecule has 0 unspecified atom stereocenters. The van der Waals surface area contributed by atoms with Crippen LogP contribution in [-0.2, 0) is 11.4 Å². The standard InChI is InChI=1S/C25H17BrClFN2O5S2/c1-2-34-21-10-15(9-18(26)23(21)35-13-14-3-5-16(6-4-14)30(32)33)11-22-24(31)29(25(36)37-22)17-7-8-20(28)19(27)12-17/h3-12H,2,13H2,1H3/b22-11+. The van der Waals surface area contributed by atoms with Crippen molar-refractivity contribution < 1.29 is 23.6 Å². The summed E-state index contributed by atoms with van der Waals surface area (Å²) in [6, 6.07) is 13.6. The maximum absolute atomic E-state index is 13.6. The van der Waals surface area contributed by atoms with Crippen molar-refractivity contribution in [1.82, 2.24) is 0 Å². The van der Waals surface area contributed by atoms with E-state index in [-0.39, 0.29) is 23.2 Å². The van der Waals surface area contributed by atoms with Crippen molar-refractivity contribution in [3.63, 3.8) is 0 Å². The number of ether oxygens (including phenoxy) is 2. The summed E-state index contributed by atoms with van der Waals surface area (Å²) in [4.78, 5) is 25.2. The fraction of sp³-hybridized carbons (Fsp3) is 0.120. The second-order valence-electron chi connectivity index (χ2n) is 7.59. The quantitative estimate of drug-likeness (QED) is 0.111. The van der Waals surface area contributed by atoms with Crippen LogP contribution in [0.25, 0.3) is 6.08 Å². The Morgan fingerprint density at radius 3 is 2.57 bits per heavy atom. The molecule has 1 aliphatic heterocycles. The monoisotopic (exact) mass is 622 g/mol. The molecule has 190 valence electrons. The summed E-state index contributed by atoms with van der Waals surface area (Å²) in [5.41, 5.74) is 1.78. The van der Waals surface area contributed by atoms with Gasteiger partial charge in [-0.2, -0.15) is 0 Å². The summed E-state index contributed by atoms with van der Waals surface area (Å²) in [5.74, 6) is -0.0440. The number of anilines is 1. The number of halogens is 3. The lowest BCUT2D eigenvalue weighted by atomic mass is 10.1. The largest absolute Gasteiger partial charge is 0.490 e. The zero-order valence-electron chi connectivity index (χ0n) is 19.1. The van der Waals surface area contributed by atoms with E-state index in [1.165, 1.54) is 35.2 Å². The molecule has 0 bridgehead atoms. The summed E-state index contributed by atoms with van der Waals surface area (Å²) in [7, 11) is 0. The maximum atomic E-state index is 13.6. The predicted octanol–water partition coefficient (Wildman–Crippen LogP) is 7.53. The molecule has 12 heteroatoms. The van der Waals surface area contributed by atoms with Gasteiger partial charge in [-0.25, -0.2) is 4.39 Å². The molecule has 3 aromatic rings. The molecule has 1 amide bonds. The second kappa shape index (κ2) is 11.6. The Labute approximate surface area is 234 Å². The molecular formula is C25H17BrClFN2O5S2. The van der Waals surface area contributed by atoms with E-state index < -0.39 is 10.7 Å². The van der Waals surface area contributed by atoms with Gasteiger partial charge in [0.25, 0.3) is 11.6 Å². The SMILES string of the molecule is CCOc1cc(/C=C2/SC(=S)N(c3ccc(F)c(Cl)c3)C2=O)cc(Br)c1OCc1ccc([N+](=O)[O-])cc1. The Bertz CT molecular complexity index is 1440. The van der Waals surface area contributed by atoms with Crippen LogP contribution in [-0.4, -0.2) is 21.8 Å². The van der Waals surface area contributed by atoms with Gasteiger partial charge in [-0.3, -0.25) is 19.8 Å². The number of nitrogens with zero attached hydrogens (tertiary/aromatic N) is 2. The van der Waals surface area contributed by atoms with Crippen LogP contribution >= 0.6 is 51.5 Å². The van der Waals surface area contributed by atoms with Gasteiger partial charge in [-0.1, -0.05) is 35.6 Å². The fourth-order valence-corrected chi connectivity index (χ4v) is 5.46. The average Bonchev–Trinajstić information content (AvgIpc) is 3.13. The van der Waals surface area contributed by atoms with Crippen LogP contribution in [0.4, 0.5) is 15.8 Å². The van der Waals surface area contributed by atoms with Crippen LogP contribution in [0.15, 0.2) is 64.0 Å². The molecular weight excluding hydrogens is 607 g/mol. The first kappa shape index (κ1) is 27.1. The van der Waals surface area contributed by atoms with Crippen LogP contribution in [0.1, 0.15) is 18.1 Å². The van der Waals surface area contributed by atoms with Gasteiger partial charge in [0.1, 0.15) is 12.4 Å². The number of nitro groups is 1. The number of thiocarbonyl (C=S) groups is 1. The maximum Gasteiger partial charge on any atom is 0.270 e. The molecule has 1 saturated heterocycles. The van der Waals surface area contributed by atoms with E-state index in [4.69, 9.17) is 33.3 Å². The molecule has 4 rings (SSSR count). The zero-order valence-corrected chi connectivity index (χ0v) is 23.0. The lowest BCUT2D eigenvalue weighted by Gasteiger charge is -2.15. The molecule has 1 heterocycles. The summed E-state index contributed by atoms with van der Waals surface area (Å²) < 4.78 is 26.2. The number of hydrogen-bond acceptors (Lipinski definition) is 7. The lowest BCUT2D eigenvalue weighted by molar-refractivity contribution is -0.384. The van der Waals surface area contributed by atoms with Gasteiger partial charge in [0, 0.05) is 12.1 Å². The molecule has 0 aliphatic carbocycles. The van der Waals surface area contributed by atoms with Crippen molar-refractivity contribution in [3.8, 4) is 11.5 Å². The number of carbonyl (C=O) groups excluding carboxylic acids is 1. The number of carbonyl (C=O) groups is 1. The van der Waals surface area contributed by atoms with E-state index in [2.05, 4.69) is 15.9 Å². The molecule has 1 aliphatic rings. The summed E-state index contributed by atoms with van der Waals surface area (Å²) in [6.45, 7) is 2.37. The highest BCUT2D eigenvalue weighted by Gasteiger charge is 2.33. The number of nitro benzene ring substituents is 1. The summed E-state index contributed by atoms with van der Waals surface area (Å²) in [5, 5.41) is 10.8. The zero-order chi connectivity index (χ0) is 26.7. The first-order valence-electron chi connectivity index (χ1n) is 10.7. The van der Waals surface area contributed by atoms with Crippen LogP contribution in [0.2, 0.25) is 5.02 Å². The van der Waals surface area contributed by atoms with Gasteiger partial charge in [0.15, 0.2) is 15.8 Å². The number of rotatable bonds is 8. The van der Waals surface area contributed by atoms with Crippen LogP contribution in [0, 0.1) is 15.9 Å².